The fraction of sp³-hybridized carbons (Fsp3) is 0.375. The molecule has 0 fully saturated rings. The number of aliphatic hydroxyl groups excluding tert-OH is 1. The molecular formula is C24H31FN4O4. The van der Waals surface area contributed by atoms with Crippen molar-refractivity contribution in [2.45, 2.75) is 32.7 Å². The summed E-state index contributed by atoms with van der Waals surface area (Å²) >= 11 is 0. The first-order valence-corrected chi connectivity index (χ1v) is 10.8. The van der Waals surface area contributed by atoms with Crippen LogP contribution in [-0.4, -0.2) is 53.4 Å². The summed E-state index contributed by atoms with van der Waals surface area (Å²) in [4.78, 5) is 30.8. The van der Waals surface area contributed by atoms with Crippen LogP contribution >= 0.6 is 0 Å². The second-order valence-electron chi connectivity index (χ2n) is 7.93. The Labute approximate surface area is 193 Å². The highest BCUT2D eigenvalue weighted by Crippen LogP contribution is 2.26. The molecule has 8 nitrogen and oxygen atoms in total. The van der Waals surface area contributed by atoms with Crippen molar-refractivity contribution in [3.63, 3.8) is 0 Å². The van der Waals surface area contributed by atoms with Crippen molar-refractivity contribution in [1.29, 1.82) is 0 Å². The van der Waals surface area contributed by atoms with Crippen molar-refractivity contribution < 1.29 is 23.8 Å². The summed E-state index contributed by atoms with van der Waals surface area (Å²) in [7, 11) is 0. The molecule has 33 heavy (non-hydrogen) atoms. The number of ether oxygens (including phenoxy) is 1. The van der Waals surface area contributed by atoms with Crippen molar-refractivity contribution in [3.8, 4) is 5.75 Å². The quantitative estimate of drug-likeness (QED) is 0.251. The molecule has 0 spiro atoms. The van der Waals surface area contributed by atoms with E-state index in [1.54, 1.807) is 18.3 Å². The van der Waals surface area contributed by atoms with Crippen LogP contribution in [0.2, 0.25) is 0 Å². The Morgan fingerprint density at radius 3 is 2.88 bits per heavy atom. The van der Waals surface area contributed by atoms with E-state index in [4.69, 9.17) is 15.6 Å². The van der Waals surface area contributed by atoms with Gasteiger partial charge in [-0.1, -0.05) is 38.6 Å². The second kappa shape index (κ2) is 12.5. The predicted octanol–water partition coefficient (Wildman–Crippen LogP) is 2.36. The van der Waals surface area contributed by atoms with Crippen LogP contribution < -0.4 is 15.8 Å². The van der Waals surface area contributed by atoms with Gasteiger partial charge in [-0.3, -0.25) is 9.59 Å². The third-order valence-corrected chi connectivity index (χ3v) is 4.79. The first-order valence-electron chi connectivity index (χ1n) is 10.8. The molecule has 178 valence electrons. The Bertz CT molecular complexity index is 956. The number of nitrogens with two attached hydrogens (primary N) is 1. The monoisotopic (exact) mass is 458 g/mol. The predicted molar refractivity (Wildman–Crippen MR) is 126 cm³/mol. The van der Waals surface area contributed by atoms with Gasteiger partial charge in [0.2, 0.25) is 0 Å². The molecule has 0 aliphatic carbocycles. The molecule has 0 saturated heterocycles. The fourth-order valence-corrected chi connectivity index (χ4v) is 3.20. The first kappa shape index (κ1) is 25.8. The van der Waals surface area contributed by atoms with Crippen LogP contribution in [0.15, 0.2) is 53.9 Å². The molecule has 4 N–H and O–H groups in total. The molecule has 2 rings (SSSR count). The van der Waals surface area contributed by atoms with E-state index >= 15 is 0 Å². The maximum Gasteiger partial charge on any atom is 0.270 e. The summed E-state index contributed by atoms with van der Waals surface area (Å²) in [5, 5.41) is 11.7. The van der Waals surface area contributed by atoms with Gasteiger partial charge in [-0.05, 0) is 30.9 Å². The number of hydrogen-bond donors (Lipinski definition) is 3. The van der Waals surface area contributed by atoms with Crippen molar-refractivity contribution in [1.82, 2.24) is 10.2 Å². The lowest BCUT2D eigenvalue weighted by atomic mass is 10.0. The Hall–Kier alpha value is -3.46. The number of hydrogen-bond acceptors (Lipinski definition) is 5. The minimum atomic E-state index is -0.839. The van der Waals surface area contributed by atoms with Gasteiger partial charge < -0.3 is 25.8 Å². The lowest BCUT2D eigenvalue weighted by Gasteiger charge is -2.26. The molecule has 1 unspecified atom stereocenters. The second-order valence-corrected chi connectivity index (χ2v) is 7.93. The van der Waals surface area contributed by atoms with Gasteiger partial charge in [-0.25, -0.2) is 4.39 Å². The van der Waals surface area contributed by atoms with E-state index in [0.29, 0.717) is 19.4 Å². The Balaban J connectivity index is 2.12. The first-order chi connectivity index (χ1) is 15.8. The third kappa shape index (κ3) is 7.57. The Morgan fingerprint density at radius 2 is 2.21 bits per heavy atom. The van der Waals surface area contributed by atoms with Crippen LogP contribution in [0.25, 0.3) is 6.08 Å². The van der Waals surface area contributed by atoms with Gasteiger partial charge >= 0.3 is 0 Å². The van der Waals surface area contributed by atoms with Crippen molar-refractivity contribution in [3.05, 3.63) is 60.3 Å². The molecule has 0 saturated carbocycles. The summed E-state index contributed by atoms with van der Waals surface area (Å²) in [5.41, 5.74) is 6.11. The van der Waals surface area contributed by atoms with Crippen molar-refractivity contribution in [2.24, 2.45) is 16.6 Å². The molecule has 1 atom stereocenters. The Kier molecular flexibility index (Phi) is 9.81. The molecule has 1 heterocycles. The lowest BCUT2D eigenvalue weighted by molar-refractivity contribution is -0.134. The number of nitrogens with one attached hydrogen (secondary N) is 1. The summed E-state index contributed by atoms with van der Waals surface area (Å²) in [6, 6.07) is 3.80. The zero-order valence-electron chi connectivity index (χ0n) is 19.0. The summed E-state index contributed by atoms with van der Waals surface area (Å²) in [5.74, 6) is -1.25. The molecule has 1 aromatic carbocycles. The smallest absolute Gasteiger partial charge is 0.270 e. The fourth-order valence-electron chi connectivity index (χ4n) is 3.20. The van der Waals surface area contributed by atoms with Gasteiger partial charge in [-0.2, -0.15) is 4.99 Å². The largest absolute Gasteiger partial charge is 0.457 e. The number of aliphatic hydroxyl groups is 1. The SMILES string of the molecule is C=Cc1cccc(OC2=CC(=O)N(C(CC(C)C)C(=O)N=C(N)/C=C\NCCCO)C2)c1F. The van der Waals surface area contributed by atoms with E-state index in [0.717, 1.165) is 0 Å². The number of carbonyl (C=O) groups is 2. The van der Waals surface area contributed by atoms with Crippen LogP contribution in [-0.2, 0) is 9.59 Å². The number of aliphatic imine (C=N–C) groups is 1. The maximum atomic E-state index is 14.5. The number of halogens is 1. The van der Waals surface area contributed by atoms with Crippen molar-refractivity contribution in [2.75, 3.05) is 19.7 Å². The molecule has 1 aliphatic heterocycles. The number of rotatable bonds is 12. The summed E-state index contributed by atoms with van der Waals surface area (Å²) in [6.45, 7) is 8.05. The van der Waals surface area contributed by atoms with E-state index in [9.17, 15) is 14.0 Å². The van der Waals surface area contributed by atoms with E-state index in [1.165, 1.54) is 29.2 Å². The van der Waals surface area contributed by atoms with Crippen LogP contribution in [0.1, 0.15) is 32.3 Å². The zero-order valence-corrected chi connectivity index (χ0v) is 19.0. The molecule has 1 aliphatic rings. The van der Waals surface area contributed by atoms with Crippen LogP contribution in [0.4, 0.5) is 4.39 Å². The van der Waals surface area contributed by atoms with E-state index in [-0.39, 0.29) is 42.0 Å². The maximum absolute atomic E-state index is 14.5. The molecule has 9 heteroatoms. The topological polar surface area (TPSA) is 117 Å². The Morgan fingerprint density at radius 1 is 1.45 bits per heavy atom. The van der Waals surface area contributed by atoms with Gasteiger partial charge in [0.1, 0.15) is 17.6 Å². The number of amidine groups is 1. The molecule has 1 aromatic rings. The highest BCUT2D eigenvalue weighted by molar-refractivity contribution is 6.03. The van der Waals surface area contributed by atoms with Gasteiger partial charge in [0.15, 0.2) is 11.6 Å². The lowest BCUT2D eigenvalue weighted by Crippen LogP contribution is -2.43. The van der Waals surface area contributed by atoms with Gasteiger partial charge in [-0.15, -0.1) is 0 Å². The van der Waals surface area contributed by atoms with Crippen molar-refractivity contribution >= 4 is 23.7 Å². The molecular weight excluding hydrogens is 427 g/mol. The summed E-state index contributed by atoms with van der Waals surface area (Å²) < 4.78 is 20.1. The van der Waals surface area contributed by atoms with Crippen LogP contribution in [0.5, 0.6) is 5.75 Å². The number of amides is 2. The van der Waals surface area contributed by atoms with E-state index in [2.05, 4.69) is 16.9 Å². The number of carbonyl (C=O) groups excluding carboxylic acids is 2. The molecule has 0 aromatic heterocycles. The van der Waals surface area contributed by atoms with E-state index in [1.807, 2.05) is 13.8 Å². The molecule has 0 bridgehead atoms. The zero-order chi connectivity index (χ0) is 24.4. The molecule has 2 amide bonds. The minimum absolute atomic E-state index is 0.00764. The molecule has 0 radical (unpaired) electrons. The van der Waals surface area contributed by atoms with Crippen LogP contribution in [0.3, 0.4) is 0 Å². The average Bonchev–Trinajstić information content (AvgIpc) is 3.12. The summed E-state index contributed by atoms with van der Waals surface area (Å²) in [6.07, 6.45) is 6.56. The standard InChI is InChI=1S/C24H31FN4O4/c1-4-17-7-5-8-20(23(17)25)33-18-14-22(31)29(15-18)19(13-16(2)3)24(32)28-21(26)9-11-27-10-6-12-30/h4-5,7-9,11,14,16,19,27,30H,1,6,10,12-13,15H2,2-3H3,(H2,26,28,32)/b11-9-. The van der Waals surface area contributed by atoms with Gasteiger partial charge in [0, 0.05) is 31.0 Å². The minimum Gasteiger partial charge on any atom is -0.457 e. The van der Waals surface area contributed by atoms with Gasteiger partial charge in [0.25, 0.3) is 11.8 Å². The van der Waals surface area contributed by atoms with Crippen LogP contribution in [0, 0.1) is 11.7 Å². The number of nitrogens with zero attached hydrogens (tertiary/aromatic N) is 2. The highest BCUT2D eigenvalue weighted by Gasteiger charge is 2.35. The average molecular weight is 459 g/mol. The van der Waals surface area contributed by atoms with Gasteiger partial charge in [0.05, 0.1) is 6.54 Å². The highest BCUT2D eigenvalue weighted by atomic mass is 19.1. The third-order valence-electron chi connectivity index (χ3n) is 4.79. The number of benzene rings is 1. The normalized spacial score (nSPS) is 15.2. The van der Waals surface area contributed by atoms with E-state index < -0.39 is 23.7 Å².